The third kappa shape index (κ3) is 2.18. The Labute approximate surface area is 122 Å². The zero-order valence-corrected chi connectivity index (χ0v) is 12.1. The number of carbonyl (C=O) groups is 1. The molecule has 6 heteroatoms. The van der Waals surface area contributed by atoms with Gasteiger partial charge in [0.15, 0.2) is 0 Å². The molecule has 0 saturated carbocycles. The first-order chi connectivity index (χ1) is 10.1. The van der Waals surface area contributed by atoms with Crippen LogP contribution in [0.25, 0.3) is 21.9 Å². The molecular weight excluding hydrogens is 266 g/mol. The summed E-state index contributed by atoms with van der Waals surface area (Å²) in [4.78, 5) is 22.5. The number of amides is 1. The van der Waals surface area contributed by atoms with Gasteiger partial charge in [-0.1, -0.05) is 18.2 Å². The summed E-state index contributed by atoms with van der Waals surface area (Å²) >= 11 is 0. The van der Waals surface area contributed by atoms with Crippen LogP contribution >= 0.6 is 0 Å². The van der Waals surface area contributed by atoms with Crippen molar-refractivity contribution in [1.82, 2.24) is 19.4 Å². The number of likely N-dealkylation sites (N-methyl/N-ethyl adjacent to an activating group) is 1. The predicted octanol–water partition coefficient (Wildman–Crippen LogP) is 1.64. The zero-order valence-electron chi connectivity index (χ0n) is 12.1. The summed E-state index contributed by atoms with van der Waals surface area (Å²) in [6.07, 6.45) is 1.69. The molecule has 1 amide bonds. The van der Waals surface area contributed by atoms with Gasteiger partial charge in [0.2, 0.25) is 11.9 Å². The lowest BCUT2D eigenvalue weighted by Gasteiger charge is -2.15. The number of hydrogen-bond donors (Lipinski definition) is 1. The highest BCUT2D eigenvalue weighted by Gasteiger charge is 2.16. The van der Waals surface area contributed by atoms with E-state index >= 15 is 0 Å². The van der Waals surface area contributed by atoms with E-state index in [1.165, 1.54) is 0 Å². The molecule has 108 valence electrons. The van der Waals surface area contributed by atoms with Gasteiger partial charge in [-0.3, -0.25) is 9.78 Å². The normalized spacial score (nSPS) is 11.1. The summed E-state index contributed by atoms with van der Waals surface area (Å²) in [5.74, 6) is 0.338. The number of carbonyl (C=O) groups excluding carboxylic acids is 1. The van der Waals surface area contributed by atoms with Crippen LogP contribution in [0.2, 0.25) is 0 Å². The number of nitrogen functional groups attached to an aromatic ring is 1. The lowest BCUT2D eigenvalue weighted by Crippen LogP contribution is -2.30. The van der Waals surface area contributed by atoms with Gasteiger partial charge in [-0.2, -0.15) is 0 Å². The van der Waals surface area contributed by atoms with Gasteiger partial charge in [0, 0.05) is 19.0 Å². The van der Waals surface area contributed by atoms with Gasteiger partial charge in [-0.05, 0) is 13.0 Å². The van der Waals surface area contributed by atoms with Gasteiger partial charge >= 0.3 is 0 Å². The summed E-state index contributed by atoms with van der Waals surface area (Å²) in [7, 11) is 1.78. The Morgan fingerprint density at radius 1 is 1.33 bits per heavy atom. The Kier molecular flexibility index (Phi) is 3.21. The number of nitrogens with zero attached hydrogens (tertiary/aromatic N) is 4. The molecule has 0 bridgehead atoms. The number of pyridine rings is 1. The Hall–Kier alpha value is -2.63. The van der Waals surface area contributed by atoms with E-state index in [4.69, 9.17) is 5.73 Å². The second-order valence-corrected chi connectivity index (χ2v) is 4.97. The fourth-order valence-corrected chi connectivity index (χ4v) is 2.37. The number of nitrogens with two attached hydrogens (primary N) is 1. The lowest BCUT2D eigenvalue weighted by atomic mass is 10.2. The predicted molar refractivity (Wildman–Crippen MR) is 82.8 cm³/mol. The fraction of sp³-hybridized carbons (Fsp3) is 0.267. The molecule has 0 unspecified atom stereocenters. The van der Waals surface area contributed by atoms with E-state index in [2.05, 4.69) is 9.97 Å². The van der Waals surface area contributed by atoms with Crippen LogP contribution in [0.4, 0.5) is 5.95 Å². The lowest BCUT2D eigenvalue weighted by molar-refractivity contribution is -0.130. The molecule has 3 aromatic rings. The van der Waals surface area contributed by atoms with Crippen LogP contribution in [0.1, 0.15) is 6.92 Å². The van der Waals surface area contributed by atoms with Crippen molar-refractivity contribution < 1.29 is 4.79 Å². The second kappa shape index (κ2) is 5.05. The molecule has 2 heterocycles. The number of para-hydroxylation sites is 1. The van der Waals surface area contributed by atoms with Crippen LogP contribution in [0, 0.1) is 0 Å². The Morgan fingerprint density at radius 3 is 2.86 bits per heavy atom. The van der Waals surface area contributed by atoms with Gasteiger partial charge < -0.3 is 15.2 Å². The van der Waals surface area contributed by atoms with Gasteiger partial charge in [-0.25, -0.2) is 4.98 Å². The highest BCUT2D eigenvalue weighted by molar-refractivity contribution is 6.03. The smallest absolute Gasteiger partial charge is 0.242 e. The minimum Gasteiger partial charge on any atom is -0.369 e. The maximum atomic E-state index is 12.2. The summed E-state index contributed by atoms with van der Waals surface area (Å²) in [5.41, 5.74) is 8.41. The molecule has 1 aromatic carbocycles. The monoisotopic (exact) mass is 283 g/mol. The van der Waals surface area contributed by atoms with Crippen molar-refractivity contribution in [2.24, 2.45) is 0 Å². The highest BCUT2D eigenvalue weighted by atomic mass is 16.2. The van der Waals surface area contributed by atoms with Crippen molar-refractivity contribution in [1.29, 1.82) is 0 Å². The van der Waals surface area contributed by atoms with Crippen LogP contribution in [-0.4, -0.2) is 38.9 Å². The molecule has 0 aliphatic carbocycles. The Balaban J connectivity index is 2.19. The van der Waals surface area contributed by atoms with Crippen molar-refractivity contribution in [2.75, 3.05) is 19.3 Å². The van der Waals surface area contributed by atoms with Crippen LogP contribution in [0.5, 0.6) is 0 Å². The van der Waals surface area contributed by atoms with Crippen molar-refractivity contribution in [3.8, 4) is 0 Å². The Bertz CT molecular complexity index is 823. The number of aromatic nitrogens is 3. The van der Waals surface area contributed by atoms with Gasteiger partial charge in [0.1, 0.15) is 12.1 Å². The third-order valence-electron chi connectivity index (χ3n) is 3.70. The van der Waals surface area contributed by atoms with Crippen LogP contribution in [0.15, 0.2) is 30.5 Å². The number of hydrogen-bond acceptors (Lipinski definition) is 4. The minimum atomic E-state index is 0.00407. The third-order valence-corrected chi connectivity index (χ3v) is 3.70. The van der Waals surface area contributed by atoms with Gasteiger partial charge in [0.05, 0.1) is 17.2 Å². The molecule has 0 radical (unpaired) electrons. The number of fused-ring (bicyclic) bond motifs is 3. The molecule has 0 saturated heterocycles. The summed E-state index contributed by atoms with van der Waals surface area (Å²) in [6.45, 7) is 2.78. The average Bonchev–Trinajstić information content (AvgIpc) is 2.82. The quantitative estimate of drug-likeness (QED) is 0.792. The molecule has 0 spiro atoms. The first-order valence-electron chi connectivity index (χ1n) is 6.85. The largest absolute Gasteiger partial charge is 0.369 e. The van der Waals surface area contributed by atoms with Crippen molar-refractivity contribution in [3.05, 3.63) is 30.5 Å². The van der Waals surface area contributed by atoms with Gasteiger partial charge in [-0.15, -0.1) is 0 Å². The van der Waals surface area contributed by atoms with E-state index in [1.807, 2.05) is 31.2 Å². The summed E-state index contributed by atoms with van der Waals surface area (Å²) < 4.78 is 1.76. The van der Waals surface area contributed by atoms with Crippen LogP contribution in [-0.2, 0) is 11.3 Å². The molecule has 0 atom stereocenters. The second-order valence-electron chi connectivity index (χ2n) is 4.97. The molecular formula is C15H17N5O. The SMILES string of the molecule is CCN(C)C(=O)Cn1c(N)nc2cnc3ccccc3c21. The molecule has 0 aliphatic rings. The fourth-order valence-electron chi connectivity index (χ4n) is 2.37. The van der Waals surface area contributed by atoms with Crippen molar-refractivity contribution >= 4 is 33.8 Å². The Morgan fingerprint density at radius 2 is 2.10 bits per heavy atom. The maximum absolute atomic E-state index is 12.2. The zero-order chi connectivity index (χ0) is 15.0. The van der Waals surface area contributed by atoms with Gasteiger partial charge in [0.25, 0.3) is 0 Å². The van der Waals surface area contributed by atoms with E-state index in [0.29, 0.717) is 18.0 Å². The molecule has 2 aromatic heterocycles. The molecule has 6 nitrogen and oxygen atoms in total. The van der Waals surface area contributed by atoms with Crippen LogP contribution in [0.3, 0.4) is 0 Å². The molecule has 0 fully saturated rings. The first-order valence-corrected chi connectivity index (χ1v) is 6.85. The standard InChI is InChI=1S/C15H17N5O/c1-3-19(2)13(21)9-20-14-10-6-4-5-7-11(10)17-8-12(14)18-15(20)16/h4-8H,3,9H2,1-2H3,(H2,16,18). The minimum absolute atomic E-state index is 0.00407. The van der Waals surface area contributed by atoms with Crippen molar-refractivity contribution in [2.45, 2.75) is 13.5 Å². The van der Waals surface area contributed by atoms with E-state index in [0.717, 1.165) is 16.4 Å². The maximum Gasteiger partial charge on any atom is 0.242 e. The number of imidazole rings is 1. The van der Waals surface area contributed by atoms with Crippen molar-refractivity contribution in [3.63, 3.8) is 0 Å². The number of anilines is 1. The van der Waals surface area contributed by atoms with E-state index in [1.54, 1.807) is 22.7 Å². The average molecular weight is 283 g/mol. The first kappa shape index (κ1) is 13.4. The molecule has 0 aliphatic heterocycles. The highest BCUT2D eigenvalue weighted by Crippen LogP contribution is 2.25. The summed E-state index contributed by atoms with van der Waals surface area (Å²) in [6, 6.07) is 7.77. The topological polar surface area (TPSA) is 77.0 Å². The summed E-state index contributed by atoms with van der Waals surface area (Å²) in [5, 5.41) is 0.950. The van der Waals surface area contributed by atoms with E-state index < -0.39 is 0 Å². The van der Waals surface area contributed by atoms with Crippen LogP contribution < -0.4 is 5.73 Å². The number of rotatable bonds is 3. The molecule has 21 heavy (non-hydrogen) atoms. The molecule has 2 N–H and O–H groups in total. The molecule has 3 rings (SSSR count). The number of benzene rings is 1. The van der Waals surface area contributed by atoms with E-state index in [9.17, 15) is 4.79 Å². The van der Waals surface area contributed by atoms with E-state index in [-0.39, 0.29) is 12.5 Å².